The molecule has 2 nitrogen and oxygen atoms in total. The van der Waals surface area contributed by atoms with Gasteiger partial charge in [-0.1, -0.05) is 237 Å². The van der Waals surface area contributed by atoms with Crippen molar-refractivity contribution < 1.29 is 0 Å². The number of nitrogens with zero attached hydrogens (tertiary/aromatic N) is 2. The Morgan fingerprint density at radius 1 is 0.366 bits per heavy atom. The molecular weight excluding hydrogens is 989 g/mol. The topological polar surface area (TPSA) is 8.17 Å². The fourth-order valence-electron chi connectivity index (χ4n) is 15.0. The van der Waals surface area contributed by atoms with Crippen LogP contribution >= 0.6 is 0 Å². The zero-order valence-electron chi connectivity index (χ0n) is 48.4. The summed E-state index contributed by atoms with van der Waals surface area (Å²) in [6.45, 7) is 19.1. The summed E-state index contributed by atoms with van der Waals surface area (Å²) in [5, 5.41) is 2.44. The summed E-state index contributed by atoms with van der Waals surface area (Å²) in [6, 6.07) is 94.6. The van der Waals surface area contributed by atoms with E-state index in [9.17, 15) is 0 Å². The van der Waals surface area contributed by atoms with Gasteiger partial charge in [0.15, 0.2) is 0 Å². The Kier molecular flexibility index (Phi) is 11.1. The second-order valence-electron chi connectivity index (χ2n) is 26.3. The summed E-state index contributed by atoms with van der Waals surface area (Å²) in [4.78, 5) is 2.46. The van der Waals surface area contributed by atoms with E-state index >= 15 is 0 Å². The molecule has 398 valence electrons. The van der Waals surface area contributed by atoms with Gasteiger partial charge in [0, 0.05) is 38.9 Å². The van der Waals surface area contributed by atoms with Crippen molar-refractivity contribution in [2.75, 3.05) is 4.90 Å². The molecule has 12 aromatic rings. The van der Waals surface area contributed by atoms with Gasteiger partial charge in [0.25, 0.3) is 0 Å². The number of benzene rings is 11. The fraction of sp³-hybridized carbons (Fsp3) is 0.175. The van der Waals surface area contributed by atoms with E-state index in [0.29, 0.717) is 5.92 Å². The average molecular weight is 1060 g/mol. The van der Waals surface area contributed by atoms with Crippen LogP contribution in [0.2, 0.25) is 0 Å². The molecule has 1 aromatic heterocycles. The van der Waals surface area contributed by atoms with Gasteiger partial charge in [-0.15, -0.1) is 0 Å². The van der Waals surface area contributed by atoms with Crippen molar-refractivity contribution in [2.24, 2.45) is 10.8 Å². The molecule has 3 aliphatic carbocycles. The third-order valence-corrected chi connectivity index (χ3v) is 18.8. The van der Waals surface area contributed by atoms with Crippen molar-refractivity contribution in [3.8, 4) is 61.3 Å². The second kappa shape index (κ2) is 18.3. The van der Waals surface area contributed by atoms with Gasteiger partial charge in [-0.05, 0) is 184 Å². The smallest absolute Gasteiger partial charge is 0.0726 e. The maximum atomic E-state index is 2.55. The number of aromatic nitrogens is 1. The minimum absolute atomic E-state index is 0.119. The van der Waals surface area contributed by atoms with Gasteiger partial charge in [-0.3, -0.25) is 0 Å². The summed E-state index contributed by atoms with van der Waals surface area (Å²) in [7, 11) is 0. The Bertz CT molecular complexity index is 4520. The van der Waals surface area contributed by atoms with E-state index in [1.807, 2.05) is 0 Å². The first-order valence-corrected chi connectivity index (χ1v) is 29.5. The van der Waals surface area contributed by atoms with E-state index in [4.69, 9.17) is 0 Å². The average Bonchev–Trinajstić information content (AvgIpc) is 1.64. The summed E-state index contributed by atoms with van der Waals surface area (Å²) in [5.41, 5.74) is 28.9. The van der Waals surface area contributed by atoms with Crippen molar-refractivity contribution in [2.45, 2.75) is 78.6 Å². The van der Waals surface area contributed by atoms with Crippen LogP contribution in [0.3, 0.4) is 0 Å². The zero-order chi connectivity index (χ0) is 55.9. The molecule has 2 heteroatoms. The molecule has 2 unspecified atom stereocenters. The van der Waals surface area contributed by atoms with Crippen LogP contribution < -0.4 is 4.90 Å². The SMILES string of the molecule is CC(C)(C)CC(c1cccc(-c2ccc3c(c2)C2(c4ccccc4-3)c3ccccc3-c3ccc(-n4c5ccccc5c5cc(N(c6ccc(-c7ccccc7)cc6)c6ccc7c(c6)C(C)(C)c6ccccc6-7)ccc54)cc32)c1)C(C)(C)C. The Labute approximate surface area is 484 Å². The van der Waals surface area contributed by atoms with Crippen molar-refractivity contribution >= 4 is 38.9 Å². The number of hydrogen-bond donors (Lipinski definition) is 0. The molecule has 0 saturated carbocycles. The summed E-state index contributed by atoms with van der Waals surface area (Å²) >= 11 is 0. The molecule has 0 aliphatic heterocycles. The van der Waals surface area contributed by atoms with E-state index in [0.717, 1.165) is 29.2 Å². The number of para-hydroxylation sites is 1. The third-order valence-electron chi connectivity index (χ3n) is 18.8. The van der Waals surface area contributed by atoms with Crippen LogP contribution in [0.5, 0.6) is 0 Å². The minimum atomic E-state index is -0.532. The molecule has 0 saturated heterocycles. The summed E-state index contributed by atoms with van der Waals surface area (Å²) in [5.74, 6) is 0.421. The number of anilines is 3. The molecule has 1 spiro atoms. The van der Waals surface area contributed by atoms with Gasteiger partial charge >= 0.3 is 0 Å². The van der Waals surface area contributed by atoms with Crippen molar-refractivity contribution in [3.05, 3.63) is 288 Å². The van der Waals surface area contributed by atoms with Gasteiger partial charge in [0.2, 0.25) is 0 Å². The van der Waals surface area contributed by atoms with Crippen molar-refractivity contribution in [1.29, 1.82) is 0 Å². The molecular formula is C80H68N2. The van der Waals surface area contributed by atoms with Gasteiger partial charge < -0.3 is 9.47 Å². The summed E-state index contributed by atoms with van der Waals surface area (Å²) in [6.07, 6.45) is 1.12. The first-order chi connectivity index (χ1) is 39.7. The molecule has 0 N–H and O–H groups in total. The van der Waals surface area contributed by atoms with Crippen LogP contribution in [0.4, 0.5) is 17.1 Å². The molecule has 1 heterocycles. The van der Waals surface area contributed by atoms with Crippen LogP contribution in [0, 0.1) is 10.8 Å². The van der Waals surface area contributed by atoms with Crippen LogP contribution in [-0.2, 0) is 10.8 Å². The van der Waals surface area contributed by atoms with Crippen LogP contribution in [-0.4, -0.2) is 4.57 Å². The Balaban J connectivity index is 0.898. The molecule has 0 bridgehead atoms. The summed E-state index contributed by atoms with van der Waals surface area (Å²) < 4.78 is 2.52. The highest BCUT2D eigenvalue weighted by Crippen LogP contribution is 2.64. The third kappa shape index (κ3) is 7.60. The van der Waals surface area contributed by atoms with Crippen molar-refractivity contribution in [1.82, 2.24) is 4.57 Å². The standard InChI is InChI=1S/C80H68N2/c1-77(2,3)50-74(78(4,5)6)55-24-20-23-53(45-55)54-35-41-64-61-26-13-17-30-69(61)80(72(64)46-54)70-31-18-14-27-62(70)65-43-39-59(49-73(65)80)82-75-32-19-15-28-66(75)67-47-57(40-44-76(67)82)81(56-36-33-52(34-37-56)51-21-10-9-11-22-51)58-38-42-63-60-25-12-16-29-68(60)79(7,8)71(63)48-58/h9-49,74H,50H2,1-8H3. The highest BCUT2D eigenvalue weighted by molar-refractivity contribution is 6.11. The lowest BCUT2D eigenvalue weighted by Crippen LogP contribution is -2.26. The van der Waals surface area contributed by atoms with E-state index in [1.54, 1.807) is 0 Å². The van der Waals surface area contributed by atoms with E-state index < -0.39 is 5.41 Å². The second-order valence-corrected chi connectivity index (χ2v) is 26.3. The molecule has 2 atom stereocenters. The molecule has 0 fully saturated rings. The monoisotopic (exact) mass is 1060 g/mol. The minimum Gasteiger partial charge on any atom is -0.310 e. The first-order valence-electron chi connectivity index (χ1n) is 29.5. The van der Waals surface area contributed by atoms with Gasteiger partial charge in [0.05, 0.1) is 16.4 Å². The Morgan fingerprint density at radius 3 is 1.57 bits per heavy atom. The predicted octanol–water partition coefficient (Wildman–Crippen LogP) is 21.8. The molecule has 0 radical (unpaired) electrons. The van der Waals surface area contributed by atoms with Crippen LogP contribution in [0.15, 0.2) is 249 Å². The highest BCUT2D eigenvalue weighted by atomic mass is 15.1. The van der Waals surface area contributed by atoms with Crippen LogP contribution in [0.1, 0.15) is 107 Å². The van der Waals surface area contributed by atoms with E-state index in [-0.39, 0.29) is 16.2 Å². The Morgan fingerprint density at radius 2 is 0.866 bits per heavy atom. The quantitative estimate of drug-likeness (QED) is 0.147. The number of hydrogen-bond acceptors (Lipinski definition) is 1. The van der Waals surface area contributed by atoms with Crippen LogP contribution in [0.25, 0.3) is 83.1 Å². The lowest BCUT2D eigenvalue weighted by Gasteiger charge is -2.36. The Hall–Kier alpha value is -8.98. The highest BCUT2D eigenvalue weighted by Gasteiger charge is 2.52. The zero-order valence-corrected chi connectivity index (χ0v) is 48.4. The first kappa shape index (κ1) is 50.0. The molecule has 0 amide bonds. The number of rotatable bonds is 8. The van der Waals surface area contributed by atoms with E-state index in [1.165, 1.54) is 116 Å². The molecule has 82 heavy (non-hydrogen) atoms. The molecule has 15 rings (SSSR count). The normalized spacial score (nSPS) is 15.7. The lowest BCUT2D eigenvalue weighted by molar-refractivity contribution is 0.229. The van der Waals surface area contributed by atoms with Gasteiger partial charge in [-0.2, -0.15) is 0 Å². The maximum Gasteiger partial charge on any atom is 0.0726 e. The fourth-order valence-corrected chi connectivity index (χ4v) is 15.0. The van der Waals surface area contributed by atoms with E-state index in [2.05, 4.69) is 314 Å². The molecule has 3 aliphatic rings. The predicted molar refractivity (Wildman–Crippen MR) is 346 cm³/mol. The van der Waals surface area contributed by atoms with Gasteiger partial charge in [0.1, 0.15) is 0 Å². The van der Waals surface area contributed by atoms with Crippen molar-refractivity contribution in [3.63, 3.8) is 0 Å². The maximum absolute atomic E-state index is 2.55. The largest absolute Gasteiger partial charge is 0.310 e. The lowest BCUT2D eigenvalue weighted by atomic mass is 9.68. The number of fused-ring (bicyclic) bond motifs is 16. The van der Waals surface area contributed by atoms with Gasteiger partial charge in [-0.25, -0.2) is 0 Å². The molecule has 11 aromatic carbocycles.